The predicted molar refractivity (Wildman–Crippen MR) is 148 cm³/mol. The summed E-state index contributed by atoms with van der Waals surface area (Å²) in [5, 5.41) is 10.7. The molecule has 3 aliphatic rings. The standard InChI is InChI=1S/C31H30N4O4/c1-34(19-23-7-3-2-4-8-23)15-6-9-22-11-12-26-24(17-22)13-16-35-27(26)18-29(33-31(35)36)37-20-25-21-38-30-28(39-25)10-5-14-32-30/h2-5,7-8,10-12,14,17-18,25,31,36H,13,15-16,19-21H2,1H3. The van der Waals surface area contributed by atoms with Gasteiger partial charge in [-0.3, -0.25) is 4.90 Å². The van der Waals surface area contributed by atoms with Crippen molar-refractivity contribution < 1.29 is 19.3 Å². The van der Waals surface area contributed by atoms with Gasteiger partial charge in [-0.05, 0) is 48.9 Å². The number of ether oxygens (including phenoxy) is 3. The molecule has 2 atom stereocenters. The van der Waals surface area contributed by atoms with Crippen LogP contribution in [0.5, 0.6) is 11.6 Å². The average Bonchev–Trinajstić information content (AvgIpc) is 2.96. The molecule has 3 aliphatic heterocycles. The van der Waals surface area contributed by atoms with Crippen molar-refractivity contribution in [3.05, 3.63) is 95.2 Å². The van der Waals surface area contributed by atoms with Crippen LogP contribution in [0.4, 0.5) is 0 Å². The number of hydrogen-bond acceptors (Lipinski definition) is 8. The van der Waals surface area contributed by atoms with Gasteiger partial charge in [-0.25, -0.2) is 4.98 Å². The zero-order valence-corrected chi connectivity index (χ0v) is 21.8. The number of aliphatic hydroxyl groups excluding tert-OH is 1. The molecule has 0 radical (unpaired) electrons. The van der Waals surface area contributed by atoms with Crippen molar-refractivity contribution in [2.45, 2.75) is 25.4 Å². The molecule has 8 heteroatoms. The summed E-state index contributed by atoms with van der Waals surface area (Å²) in [5.41, 5.74) is 5.41. The number of aromatic nitrogens is 1. The monoisotopic (exact) mass is 522 g/mol. The van der Waals surface area contributed by atoms with Crippen LogP contribution in [0.25, 0.3) is 5.70 Å². The van der Waals surface area contributed by atoms with Crippen LogP contribution in [-0.4, -0.2) is 71.6 Å². The van der Waals surface area contributed by atoms with Crippen LogP contribution in [-0.2, 0) is 17.7 Å². The highest BCUT2D eigenvalue weighted by Gasteiger charge is 2.30. The number of fused-ring (bicyclic) bond motifs is 4. The lowest BCUT2D eigenvalue weighted by molar-refractivity contribution is 0.0348. The molecule has 198 valence electrons. The molecule has 0 saturated carbocycles. The topological polar surface area (TPSA) is 79.7 Å². The second kappa shape index (κ2) is 11.2. The van der Waals surface area contributed by atoms with E-state index < -0.39 is 6.35 Å². The Morgan fingerprint density at radius 2 is 2.05 bits per heavy atom. The molecule has 2 aromatic carbocycles. The van der Waals surface area contributed by atoms with E-state index in [1.807, 2.05) is 29.2 Å². The Labute approximate surface area is 228 Å². The molecule has 8 nitrogen and oxygen atoms in total. The molecule has 6 rings (SSSR count). The van der Waals surface area contributed by atoms with Crippen LogP contribution in [0.15, 0.2) is 77.9 Å². The van der Waals surface area contributed by atoms with Crippen LogP contribution in [0.1, 0.15) is 22.3 Å². The first-order chi connectivity index (χ1) is 19.1. The molecule has 0 bridgehead atoms. The third-order valence-electron chi connectivity index (χ3n) is 6.82. The van der Waals surface area contributed by atoms with Gasteiger partial charge in [-0.2, -0.15) is 4.99 Å². The van der Waals surface area contributed by atoms with Crippen molar-refractivity contribution in [3.63, 3.8) is 0 Å². The summed E-state index contributed by atoms with van der Waals surface area (Å²) in [5.74, 6) is 8.06. The fourth-order valence-electron chi connectivity index (χ4n) is 4.91. The van der Waals surface area contributed by atoms with Crippen LogP contribution in [0.2, 0.25) is 0 Å². The zero-order valence-electron chi connectivity index (χ0n) is 21.8. The Morgan fingerprint density at radius 1 is 1.15 bits per heavy atom. The SMILES string of the molecule is CN(CC#Cc1ccc2c(c1)CCN1C2=CC(OCC2COc3ncccc3O2)=NC1O)Cc1ccccc1. The van der Waals surface area contributed by atoms with Crippen molar-refractivity contribution in [2.75, 3.05) is 33.4 Å². The Hall–Kier alpha value is -4.32. The fourth-order valence-corrected chi connectivity index (χ4v) is 4.91. The molecule has 4 heterocycles. The first-order valence-electron chi connectivity index (χ1n) is 13.1. The minimum absolute atomic E-state index is 0.240. The average molecular weight is 523 g/mol. The van der Waals surface area contributed by atoms with Gasteiger partial charge >= 0.3 is 0 Å². The molecule has 2 unspecified atom stereocenters. The quantitative estimate of drug-likeness (QED) is 0.515. The smallest absolute Gasteiger partial charge is 0.257 e. The van der Waals surface area contributed by atoms with Gasteiger partial charge in [-0.1, -0.05) is 48.2 Å². The summed E-state index contributed by atoms with van der Waals surface area (Å²) in [4.78, 5) is 12.6. The van der Waals surface area contributed by atoms with Crippen LogP contribution in [0.3, 0.4) is 0 Å². The van der Waals surface area contributed by atoms with Crippen LogP contribution >= 0.6 is 0 Å². The van der Waals surface area contributed by atoms with Gasteiger partial charge in [-0.15, -0.1) is 0 Å². The lowest BCUT2D eigenvalue weighted by atomic mass is 9.94. The number of pyridine rings is 1. The number of benzene rings is 2. The van der Waals surface area contributed by atoms with Gasteiger partial charge in [0.25, 0.3) is 5.88 Å². The van der Waals surface area contributed by atoms with Crippen molar-refractivity contribution in [1.29, 1.82) is 0 Å². The van der Waals surface area contributed by atoms with E-state index in [0.29, 0.717) is 37.2 Å². The highest BCUT2D eigenvalue weighted by molar-refractivity contribution is 5.97. The van der Waals surface area contributed by atoms with Crippen molar-refractivity contribution in [1.82, 2.24) is 14.8 Å². The number of nitrogens with zero attached hydrogens (tertiary/aromatic N) is 4. The fraction of sp³-hybridized carbons (Fsp3) is 0.290. The molecule has 0 saturated heterocycles. The first-order valence-corrected chi connectivity index (χ1v) is 13.1. The van der Waals surface area contributed by atoms with Gasteiger partial charge in [0, 0.05) is 36.5 Å². The van der Waals surface area contributed by atoms with E-state index in [4.69, 9.17) is 14.2 Å². The van der Waals surface area contributed by atoms with E-state index in [1.54, 1.807) is 12.3 Å². The van der Waals surface area contributed by atoms with E-state index in [0.717, 1.165) is 29.8 Å². The maximum absolute atomic E-state index is 10.7. The second-order valence-electron chi connectivity index (χ2n) is 9.79. The number of aliphatic hydroxyl groups is 1. The lowest BCUT2D eigenvalue weighted by Gasteiger charge is -2.37. The Kier molecular flexibility index (Phi) is 7.17. The lowest BCUT2D eigenvalue weighted by Crippen LogP contribution is -2.41. The summed E-state index contributed by atoms with van der Waals surface area (Å²) in [6, 6.07) is 20.3. The molecule has 0 fully saturated rings. The number of aliphatic imine (C=N–C) groups is 1. The third-order valence-corrected chi connectivity index (χ3v) is 6.82. The molecule has 0 aliphatic carbocycles. The normalized spacial score (nSPS) is 19.2. The largest absolute Gasteiger partial charge is 0.478 e. The molecule has 39 heavy (non-hydrogen) atoms. The van der Waals surface area contributed by atoms with Crippen molar-refractivity contribution >= 4 is 11.6 Å². The Balaban J connectivity index is 1.11. The molecule has 0 spiro atoms. The summed E-state index contributed by atoms with van der Waals surface area (Å²) >= 11 is 0. The molecular weight excluding hydrogens is 492 g/mol. The highest BCUT2D eigenvalue weighted by Crippen LogP contribution is 2.33. The van der Waals surface area contributed by atoms with E-state index in [2.05, 4.69) is 70.2 Å². The molecule has 1 aromatic heterocycles. The van der Waals surface area contributed by atoms with E-state index in [-0.39, 0.29) is 12.7 Å². The minimum atomic E-state index is -0.999. The van der Waals surface area contributed by atoms with E-state index >= 15 is 0 Å². The van der Waals surface area contributed by atoms with E-state index in [9.17, 15) is 5.11 Å². The predicted octanol–water partition coefficient (Wildman–Crippen LogP) is 3.31. The van der Waals surface area contributed by atoms with Crippen molar-refractivity contribution in [2.24, 2.45) is 4.99 Å². The number of hydrogen-bond donors (Lipinski definition) is 1. The van der Waals surface area contributed by atoms with E-state index in [1.165, 1.54) is 11.1 Å². The molecule has 1 N–H and O–H groups in total. The summed E-state index contributed by atoms with van der Waals surface area (Å²) in [7, 11) is 2.08. The first kappa shape index (κ1) is 25.0. The maximum Gasteiger partial charge on any atom is 0.257 e. The van der Waals surface area contributed by atoms with Gasteiger partial charge in [0.2, 0.25) is 12.2 Å². The van der Waals surface area contributed by atoms with Crippen LogP contribution < -0.4 is 9.47 Å². The Morgan fingerprint density at radius 3 is 2.95 bits per heavy atom. The highest BCUT2D eigenvalue weighted by atomic mass is 16.6. The maximum atomic E-state index is 10.7. The molecular formula is C31H30N4O4. The van der Waals surface area contributed by atoms with Gasteiger partial charge in [0.1, 0.15) is 13.2 Å². The Bertz CT molecular complexity index is 1460. The summed E-state index contributed by atoms with van der Waals surface area (Å²) < 4.78 is 17.5. The summed E-state index contributed by atoms with van der Waals surface area (Å²) in [6.45, 7) is 2.78. The van der Waals surface area contributed by atoms with Crippen LogP contribution in [0, 0.1) is 11.8 Å². The van der Waals surface area contributed by atoms with Gasteiger partial charge in [0.15, 0.2) is 11.9 Å². The zero-order chi connectivity index (χ0) is 26.6. The summed E-state index contributed by atoms with van der Waals surface area (Å²) in [6.07, 6.45) is 3.05. The van der Waals surface area contributed by atoms with Gasteiger partial charge < -0.3 is 24.2 Å². The molecule has 0 amide bonds. The van der Waals surface area contributed by atoms with Gasteiger partial charge in [0.05, 0.1) is 12.2 Å². The van der Waals surface area contributed by atoms with Crippen molar-refractivity contribution in [3.8, 4) is 23.5 Å². The minimum Gasteiger partial charge on any atom is -0.478 e. The third kappa shape index (κ3) is 5.75. The number of rotatable bonds is 5. The molecule has 3 aromatic rings. The second-order valence-corrected chi connectivity index (χ2v) is 9.79.